The van der Waals surface area contributed by atoms with E-state index in [1.807, 2.05) is 0 Å². The van der Waals surface area contributed by atoms with Gasteiger partial charge in [0.05, 0.1) is 7.11 Å². The monoisotopic (exact) mass is 498 g/mol. The van der Waals surface area contributed by atoms with Gasteiger partial charge in [0.25, 0.3) is 0 Å². The summed E-state index contributed by atoms with van der Waals surface area (Å²) in [7, 11) is 1.51. The number of ketones is 1. The molecule has 5 nitrogen and oxygen atoms in total. The highest BCUT2D eigenvalue weighted by atomic mass is 16.6. The van der Waals surface area contributed by atoms with E-state index >= 15 is 0 Å². The summed E-state index contributed by atoms with van der Waals surface area (Å²) in [6.07, 6.45) is 11.3. The van der Waals surface area contributed by atoms with Gasteiger partial charge >= 0.3 is 0 Å². The smallest absolute Gasteiger partial charge is 0.249 e. The van der Waals surface area contributed by atoms with Crippen LogP contribution in [0.3, 0.4) is 0 Å². The van der Waals surface area contributed by atoms with Gasteiger partial charge in [0, 0.05) is 17.4 Å². The number of hydrogen-bond donors (Lipinski definition) is 2. The van der Waals surface area contributed by atoms with Crippen molar-refractivity contribution in [3.05, 3.63) is 11.6 Å². The third-order valence-corrected chi connectivity index (χ3v) is 13.4. The van der Waals surface area contributed by atoms with Crippen LogP contribution in [0.25, 0.3) is 0 Å². The summed E-state index contributed by atoms with van der Waals surface area (Å²) in [5, 5.41) is 0. The molecule has 0 bridgehead atoms. The Labute approximate surface area is 218 Å². The van der Waals surface area contributed by atoms with Crippen LogP contribution in [0.5, 0.6) is 0 Å². The van der Waals surface area contributed by atoms with E-state index in [9.17, 15) is 9.59 Å². The van der Waals surface area contributed by atoms with Gasteiger partial charge in [-0.1, -0.05) is 54.0 Å². The lowest BCUT2D eigenvalue weighted by atomic mass is 9.33. The van der Waals surface area contributed by atoms with E-state index in [0.29, 0.717) is 11.7 Å². The van der Waals surface area contributed by atoms with Crippen molar-refractivity contribution in [2.24, 2.45) is 56.0 Å². The fraction of sp³-hybridized carbons (Fsp3) is 0.871. The first-order valence-corrected chi connectivity index (χ1v) is 14.4. The van der Waals surface area contributed by atoms with Crippen molar-refractivity contribution >= 4 is 11.7 Å². The lowest BCUT2D eigenvalue weighted by Crippen LogP contribution is -2.67. The maximum atomic E-state index is 14.4. The Bertz CT molecular complexity index is 1000. The predicted molar refractivity (Wildman–Crippen MR) is 143 cm³/mol. The van der Waals surface area contributed by atoms with Gasteiger partial charge in [-0.25, -0.2) is 5.48 Å². The number of allylic oxidation sites excluding steroid dienone is 2. The van der Waals surface area contributed by atoms with Crippen molar-refractivity contribution in [1.82, 2.24) is 5.48 Å². The zero-order valence-electron chi connectivity index (χ0n) is 24.1. The molecule has 1 unspecified atom stereocenters. The predicted octanol–water partition coefficient (Wildman–Crippen LogP) is 5.97. The van der Waals surface area contributed by atoms with E-state index < -0.39 is 5.41 Å². The summed E-state index contributed by atoms with van der Waals surface area (Å²) in [4.78, 5) is 32.4. The molecule has 5 aliphatic rings. The second kappa shape index (κ2) is 7.91. The molecule has 9 atom stereocenters. The van der Waals surface area contributed by atoms with Gasteiger partial charge in [0.15, 0.2) is 5.78 Å². The van der Waals surface area contributed by atoms with Crippen molar-refractivity contribution in [3.63, 3.8) is 0 Å². The summed E-state index contributed by atoms with van der Waals surface area (Å²) < 4.78 is 0. The molecule has 0 radical (unpaired) electrons. The Morgan fingerprint density at radius 1 is 0.972 bits per heavy atom. The number of amides is 1. The largest absolute Gasteiger partial charge is 0.327 e. The molecule has 0 aromatic carbocycles. The van der Waals surface area contributed by atoms with E-state index in [4.69, 9.17) is 10.6 Å². The number of carbonyl (C=O) groups is 2. The van der Waals surface area contributed by atoms with E-state index in [0.717, 1.165) is 51.4 Å². The zero-order chi connectivity index (χ0) is 26.5. The quantitative estimate of drug-likeness (QED) is 0.460. The Morgan fingerprint density at radius 2 is 1.64 bits per heavy atom. The average molecular weight is 499 g/mol. The number of fused-ring (bicyclic) bond motifs is 7. The first-order chi connectivity index (χ1) is 16.6. The van der Waals surface area contributed by atoms with E-state index in [1.54, 1.807) is 0 Å². The van der Waals surface area contributed by atoms with Gasteiger partial charge in [0.1, 0.15) is 0 Å². The Hall–Kier alpha value is -1.20. The van der Waals surface area contributed by atoms with Crippen molar-refractivity contribution in [3.8, 4) is 0 Å². The van der Waals surface area contributed by atoms with Crippen molar-refractivity contribution < 1.29 is 14.4 Å². The average Bonchev–Trinajstić information content (AvgIpc) is 2.79. The number of nitrogens with one attached hydrogen (secondary N) is 1. The van der Waals surface area contributed by atoms with Gasteiger partial charge in [-0.05, 0) is 103 Å². The van der Waals surface area contributed by atoms with E-state index in [1.165, 1.54) is 19.1 Å². The molecule has 0 heterocycles. The second-order valence-electron chi connectivity index (χ2n) is 15.4. The minimum Gasteiger partial charge on any atom is -0.327 e. The molecule has 0 aromatic heterocycles. The highest BCUT2D eigenvalue weighted by Gasteiger charge is 2.70. The van der Waals surface area contributed by atoms with Crippen LogP contribution in [0, 0.1) is 50.2 Å². The number of hydrogen-bond acceptors (Lipinski definition) is 4. The molecular formula is C31H50N2O3. The molecule has 4 saturated carbocycles. The van der Waals surface area contributed by atoms with Crippen molar-refractivity contribution in [2.45, 2.75) is 112 Å². The normalized spacial score (nSPS) is 51.7. The van der Waals surface area contributed by atoms with Crippen LogP contribution < -0.4 is 11.2 Å². The van der Waals surface area contributed by atoms with E-state index in [-0.39, 0.29) is 50.9 Å². The molecule has 202 valence electrons. The summed E-state index contributed by atoms with van der Waals surface area (Å²) in [6.45, 7) is 16.5. The van der Waals surface area contributed by atoms with Crippen LogP contribution in [0.15, 0.2) is 11.6 Å². The zero-order valence-corrected chi connectivity index (χ0v) is 24.1. The Balaban J connectivity index is 1.59. The van der Waals surface area contributed by atoms with Gasteiger partial charge in [-0.15, -0.1) is 0 Å². The number of hydroxylamine groups is 1. The SMILES string of the molecule is CONC(=O)[C@@]1(C)CC[C@]2(C)CC[C@]3(C)C(=CC(=O)[C@@H]4[C@@]5(C)CC[C@@H](N)C(C)(C)C5CC[C@]43C)[C@H]2C1. The molecule has 3 N–H and O–H groups in total. The number of nitrogens with two attached hydrogens (primary N) is 1. The molecular weight excluding hydrogens is 448 g/mol. The minimum atomic E-state index is -0.479. The van der Waals surface area contributed by atoms with Crippen molar-refractivity contribution in [2.75, 3.05) is 7.11 Å². The molecule has 1 amide bonds. The molecule has 5 heteroatoms. The van der Waals surface area contributed by atoms with Crippen LogP contribution in [0.2, 0.25) is 0 Å². The first-order valence-electron chi connectivity index (χ1n) is 14.4. The molecule has 5 aliphatic carbocycles. The van der Waals surface area contributed by atoms with Gasteiger partial charge in [-0.2, -0.15) is 0 Å². The maximum Gasteiger partial charge on any atom is 0.249 e. The second-order valence-corrected chi connectivity index (χ2v) is 15.4. The molecule has 0 aromatic rings. The molecule has 0 saturated heterocycles. The maximum absolute atomic E-state index is 14.4. The standard InChI is InChI=1S/C31H50N2O3/c1-26(2)22-9-12-31(7)24(29(22,5)11-10-23(26)32)21(34)17-19-20-18-28(4,25(35)33-36-8)14-13-27(20,3)15-16-30(19,31)6/h17,20,22-24H,9-16,18,32H2,1-8H3,(H,33,35)/t20-,22?,23-,24-,27-,28+,29+,30-,31-/m1/s1. The van der Waals surface area contributed by atoms with Crippen LogP contribution >= 0.6 is 0 Å². The molecule has 5 rings (SSSR count). The molecule has 4 fully saturated rings. The van der Waals surface area contributed by atoms with E-state index in [2.05, 4.69) is 60.0 Å². The van der Waals surface area contributed by atoms with Gasteiger partial charge in [0.2, 0.25) is 5.91 Å². The number of carbonyl (C=O) groups excluding carboxylic acids is 2. The summed E-state index contributed by atoms with van der Waals surface area (Å²) in [5.41, 5.74) is 10.2. The topological polar surface area (TPSA) is 81.4 Å². The Kier molecular flexibility index (Phi) is 5.80. The molecule has 0 spiro atoms. The van der Waals surface area contributed by atoms with Crippen molar-refractivity contribution in [1.29, 1.82) is 0 Å². The van der Waals surface area contributed by atoms with Crippen LogP contribution in [0.4, 0.5) is 0 Å². The van der Waals surface area contributed by atoms with Gasteiger partial charge < -0.3 is 5.73 Å². The van der Waals surface area contributed by atoms with Crippen LogP contribution in [0.1, 0.15) is 106 Å². The van der Waals surface area contributed by atoms with Gasteiger partial charge in [-0.3, -0.25) is 14.4 Å². The summed E-state index contributed by atoms with van der Waals surface area (Å²) in [6, 6.07) is 0.203. The number of rotatable bonds is 2. The lowest BCUT2D eigenvalue weighted by Gasteiger charge is -2.70. The van der Waals surface area contributed by atoms with Crippen LogP contribution in [-0.2, 0) is 14.4 Å². The summed E-state index contributed by atoms with van der Waals surface area (Å²) in [5.74, 6) is 1.08. The third kappa shape index (κ3) is 3.20. The van der Waals surface area contributed by atoms with Crippen LogP contribution in [-0.4, -0.2) is 24.8 Å². The highest BCUT2D eigenvalue weighted by molar-refractivity contribution is 5.95. The minimum absolute atomic E-state index is 0.0192. The summed E-state index contributed by atoms with van der Waals surface area (Å²) >= 11 is 0. The Morgan fingerprint density at radius 3 is 2.31 bits per heavy atom. The first kappa shape index (κ1) is 26.4. The third-order valence-electron chi connectivity index (χ3n) is 13.4. The molecule has 36 heavy (non-hydrogen) atoms. The molecule has 0 aliphatic heterocycles. The fourth-order valence-electron chi connectivity index (χ4n) is 10.6. The fourth-order valence-corrected chi connectivity index (χ4v) is 10.6. The highest BCUT2D eigenvalue weighted by Crippen LogP contribution is 2.75. The lowest BCUT2D eigenvalue weighted by molar-refractivity contribution is -0.187.